The van der Waals surface area contributed by atoms with Crippen molar-refractivity contribution in [3.63, 3.8) is 0 Å². The Bertz CT molecular complexity index is 448. The van der Waals surface area contributed by atoms with Crippen molar-refractivity contribution in [1.82, 2.24) is 9.78 Å². The minimum absolute atomic E-state index is 0.398. The predicted molar refractivity (Wildman–Crippen MR) is 64.6 cm³/mol. The molecule has 2 aromatic rings. The van der Waals surface area contributed by atoms with E-state index in [1.165, 1.54) is 0 Å². The number of aliphatic hydroxyl groups is 1. The lowest BCUT2D eigenvalue weighted by molar-refractivity contribution is 0.176. The van der Waals surface area contributed by atoms with Crippen LogP contribution in [0.4, 0.5) is 0 Å². The van der Waals surface area contributed by atoms with E-state index in [1.807, 2.05) is 16.9 Å². The molecule has 2 rings (SSSR count). The second kappa shape index (κ2) is 5.19. The van der Waals surface area contributed by atoms with Gasteiger partial charge in [-0.3, -0.25) is 4.68 Å². The van der Waals surface area contributed by atoms with Gasteiger partial charge in [-0.25, -0.2) is 0 Å². The molecule has 0 fully saturated rings. The molecule has 92 valence electrons. The molecule has 2 atom stereocenters. The minimum atomic E-state index is -0.547. The smallest absolute Gasteiger partial charge is 0.0960 e. The van der Waals surface area contributed by atoms with Gasteiger partial charge in [0.2, 0.25) is 0 Å². The van der Waals surface area contributed by atoms with Gasteiger partial charge in [0.15, 0.2) is 0 Å². The SMILES string of the molecule is CCC(C)n1ccc(CC(O)c2ccoc2)n1. The Kier molecular flexibility index (Phi) is 3.64. The Balaban J connectivity index is 2.02. The zero-order valence-corrected chi connectivity index (χ0v) is 10.2. The number of hydrogen-bond donors (Lipinski definition) is 1. The van der Waals surface area contributed by atoms with Crippen molar-refractivity contribution in [2.24, 2.45) is 0 Å². The maximum absolute atomic E-state index is 9.96. The van der Waals surface area contributed by atoms with Crippen molar-refractivity contribution in [3.8, 4) is 0 Å². The molecule has 2 heterocycles. The van der Waals surface area contributed by atoms with Gasteiger partial charge in [0.1, 0.15) is 0 Å². The van der Waals surface area contributed by atoms with Gasteiger partial charge in [0, 0.05) is 24.2 Å². The van der Waals surface area contributed by atoms with E-state index in [0.29, 0.717) is 12.5 Å². The molecule has 0 spiro atoms. The second-order valence-corrected chi connectivity index (χ2v) is 4.32. The van der Waals surface area contributed by atoms with E-state index in [-0.39, 0.29) is 0 Å². The molecule has 4 nitrogen and oxygen atoms in total. The number of furan rings is 1. The third-order valence-corrected chi connectivity index (χ3v) is 3.04. The van der Waals surface area contributed by atoms with E-state index >= 15 is 0 Å². The van der Waals surface area contributed by atoms with Gasteiger partial charge in [-0.05, 0) is 25.5 Å². The zero-order chi connectivity index (χ0) is 12.3. The Morgan fingerprint density at radius 1 is 1.47 bits per heavy atom. The topological polar surface area (TPSA) is 51.2 Å². The van der Waals surface area contributed by atoms with Crippen LogP contribution in [0.1, 0.15) is 43.7 Å². The molecule has 0 aliphatic heterocycles. The Hall–Kier alpha value is -1.55. The second-order valence-electron chi connectivity index (χ2n) is 4.32. The predicted octanol–water partition coefficient (Wildman–Crippen LogP) is 2.72. The van der Waals surface area contributed by atoms with Crippen molar-refractivity contribution in [2.75, 3.05) is 0 Å². The van der Waals surface area contributed by atoms with Crippen molar-refractivity contribution in [2.45, 2.75) is 38.8 Å². The Morgan fingerprint density at radius 2 is 2.29 bits per heavy atom. The third-order valence-electron chi connectivity index (χ3n) is 3.04. The first-order valence-electron chi connectivity index (χ1n) is 5.95. The summed E-state index contributed by atoms with van der Waals surface area (Å²) >= 11 is 0. The van der Waals surface area contributed by atoms with E-state index in [9.17, 15) is 5.11 Å². The maximum atomic E-state index is 9.96. The molecule has 2 unspecified atom stereocenters. The number of nitrogens with zero attached hydrogens (tertiary/aromatic N) is 2. The van der Waals surface area contributed by atoms with E-state index in [4.69, 9.17) is 4.42 Å². The zero-order valence-electron chi connectivity index (χ0n) is 10.2. The average molecular weight is 234 g/mol. The number of hydrogen-bond acceptors (Lipinski definition) is 3. The van der Waals surface area contributed by atoms with Crippen LogP contribution < -0.4 is 0 Å². The summed E-state index contributed by atoms with van der Waals surface area (Å²) in [6.07, 6.45) is 6.11. The molecule has 0 radical (unpaired) electrons. The highest BCUT2D eigenvalue weighted by Gasteiger charge is 2.12. The molecule has 4 heteroatoms. The van der Waals surface area contributed by atoms with Crippen LogP contribution in [0.2, 0.25) is 0 Å². The molecule has 0 aromatic carbocycles. The number of rotatable bonds is 5. The lowest BCUT2D eigenvalue weighted by Gasteiger charge is -2.09. The standard InChI is InChI=1S/C13H18N2O2/c1-3-10(2)15-6-4-12(14-15)8-13(16)11-5-7-17-9-11/h4-7,9-10,13,16H,3,8H2,1-2H3. The van der Waals surface area contributed by atoms with Crippen LogP contribution >= 0.6 is 0 Å². The molecular weight excluding hydrogens is 216 g/mol. The number of aliphatic hydroxyl groups excluding tert-OH is 1. The lowest BCUT2D eigenvalue weighted by atomic mass is 10.1. The lowest BCUT2D eigenvalue weighted by Crippen LogP contribution is -2.06. The van der Waals surface area contributed by atoms with Gasteiger partial charge in [-0.15, -0.1) is 0 Å². The molecule has 0 saturated carbocycles. The van der Waals surface area contributed by atoms with Crippen molar-refractivity contribution in [3.05, 3.63) is 42.1 Å². The molecule has 0 aliphatic carbocycles. The summed E-state index contributed by atoms with van der Waals surface area (Å²) in [5.74, 6) is 0. The summed E-state index contributed by atoms with van der Waals surface area (Å²) in [6, 6.07) is 4.13. The molecule has 2 aromatic heterocycles. The fourth-order valence-electron chi connectivity index (χ4n) is 1.70. The van der Waals surface area contributed by atoms with E-state index in [1.54, 1.807) is 18.6 Å². The molecule has 17 heavy (non-hydrogen) atoms. The highest BCUT2D eigenvalue weighted by Crippen LogP contribution is 2.18. The fraction of sp³-hybridized carbons (Fsp3) is 0.462. The normalized spacial score (nSPS) is 14.8. The van der Waals surface area contributed by atoms with Gasteiger partial charge >= 0.3 is 0 Å². The first-order chi connectivity index (χ1) is 8.20. The van der Waals surface area contributed by atoms with E-state index < -0.39 is 6.10 Å². The molecule has 1 N–H and O–H groups in total. The van der Waals surface area contributed by atoms with Crippen LogP contribution in [0.25, 0.3) is 0 Å². The van der Waals surface area contributed by atoms with Crippen LogP contribution in [0.3, 0.4) is 0 Å². The third kappa shape index (κ3) is 2.77. The van der Waals surface area contributed by atoms with Gasteiger partial charge in [-0.1, -0.05) is 6.92 Å². The summed E-state index contributed by atoms with van der Waals surface area (Å²) < 4.78 is 6.89. The summed E-state index contributed by atoms with van der Waals surface area (Å²) in [7, 11) is 0. The summed E-state index contributed by atoms with van der Waals surface area (Å²) in [6.45, 7) is 4.26. The van der Waals surface area contributed by atoms with Crippen LogP contribution in [0, 0.1) is 0 Å². The van der Waals surface area contributed by atoms with E-state index in [2.05, 4.69) is 18.9 Å². The Labute approximate surface area is 101 Å². The van der Waals surface area contributed by atoms with Crippen molar-refractivity contribution >= 4 is 0 Å². The van der Waals surface area contributed by atoms with Crippen molar-refractivity contribution < 1.29 is 9.52 Å². The quantitative estimate of drug-likeness (QED) is 0.865. The summed E-state index contributed by atoms with van der Waals surface area (Å²) in [5, 5.41) is 14.4. The van der Waals surface area contributed by atoms with Gasteiger partial charge in [0.05, 0.1) is 24.3 Å². The number of aromatic nitrogens is 2. The highest BCUT2D eigenvalue weighted by molar-refractivity contribution is 5.13. The molecular formula is C13H18N2O2. The van der Waals surface area contributed by atoms with Gasteiger partial charge in [0.25, 0.3) is 0 Å². The summed E-state index contributed by atoms with van der Waals surface area (Å²) in [5.41, 5.74) is 1.70. The van der Waals surface area contributed by atoms with Crippen molar-refractivity contribution in [1.29, 1.82) is 0 Å². The first kappa shape index (κ1) is 11.9. The monoisotopic (exact) mass is 234 g/mol. The van der Waals surface area contributed by atoms with Gasteiger partial charge < -0.3 is 9.52 Å². The highest BCUT2D eigenvalue weighted by atomic mass is 16.3. The maximum Gasteiger partial charge on any atom is 0.0960 e. The molecule has 0 aliphatic rings. The fourth-order valence-corrected chi connectivity index (χ4v) is 1.70. The van der Waals surface area contributed by atoms with Crippen LogP contribution in [-0.2, 0) is 6.42 Å². The van der Waals surface area contributed by atoms with E-state index in [0.717, 1.165) is 17.7 Å². The average Bonchev–Trinajstić information content (AvgIpc) is 2.98. The first-order valence-corrected chi connectivity index (χ1v) is 5.95. The van der Waals surface area contributed by atoms with Crippen LogP contribution in [0.5, 0.6) is 0 Å². The molecule has 0 amide bonds. The Morgan fingerprint density at radius 3 is 2.94 bits per heavy atom. The summed E-state index contributed by atoms with van der Waals surface area (Å²) in [4.78, 5) is 0. The van der Waals surface area contributed by atoms with Crippen LogP contribution in [-0.4, -0.2) is 14.9 Å². The molecule has 0 saturated heterocycles. The van der Waals surface area contributed by atoms with Crippen LogP contribution in [0.15, 0.2) is 35.3 Å². The van der Waals surface area contributed by atoms with Gasteiger partial charge in [-0.2, -0.15) is 5.10 Å². The molecule has 0 bridgehead atoms. The largest absolute Gasteiger partial charge is 0.472 e. The minimum Gasteiger partial charge on any atom is -0.472 e.